The lowest BCUT2D eigenvalue weighted by atomic mass is 10.1. The number of carbonyl (C=O) groups is 2. The zero-order valence-electron chi connectivity index (χ0n) is 14.7. The van der Waals surface area contributed by atoms with Crippen LogP contribution >= 0.6 is 12.4 Å². The Kier molecular flexibility index (Phi) is 8.72. The van der Waals surface area contributed by atoms with Crippen molar-refractivity contribution in [2.75, 3.05) is 19.6 Å². The van der Waals surface area contributed by atoms with Gasteiger partial charge in [0, 0.05) is 6.54 Å². The Bertz CT molecular complexity index is 563. The molecule has 1 atom stereocenters. The van der Waals surface area contributed by atoms with Gasteiger partial charge in [-0.15, -0.1) is 12.4 Å². The number of halogens is 1. The van der Waals surface area contributed by atoms with Crippen LogP contribution in [0.4, 0.5) is 0 Å². The molecule has 1 fully saturated rings. The number of likely N-dealkylation sites (tertiary alicyclic amines) is 1. The number of carboxylic acids is 1. The molecule has 2 N–H and O–H groups in total. The van der Waals surface area contributed by atoms with Crippen molar-refractivity contribution in [1.82, 2.24) is 10.2 Å². The second-order valence-electron chi connectivity index (χ2n) is 6.38. The number of carbonyl (C=O) groups excluding carboxylic acids is 1. The van der Waals surface area contributed by atoms with Crippen LogP contribution in [0.3, 0.4) is 0 Å². The summed E-state index contributed by atoms with van der Waals surface area (Å²) >= 11 is 0. The van der Waals surface area contributed by atoms with E-state index in [4.69, 9.17) is 9.84 Å². The molecule has 6 nitrogen and oxygen atoms in total. The van der Waals surface area contributed by atoms with E-state index in [1.54, 1.807) is 4.90 Å². The van der Waals surface area contributed by atoms with Crippen molar-refractivity contribution in [3.8, 4) is 5.75 Å². The standard InChI is InChI=1S/C18H26N2O4.ClH/c1-13(2)24-15-7-5-14(6-8-15)9-10-19-17(21)12-20-11-3-4-16(20)18(22)23;/h5-8,13,16H,3-4,9-12H2,1-2H3,(H,19,21)(H,22,23);1H/t16-;/m1./s1. The molecule has 1 aromatic carbocycles. The predicted molar refractivity (Wildman–Crippen MR) is 98.4 cm³/mol. The number of nitrogens with one attached hydrogen (secondary N) is 1. The number of carboxylic acid groups (broad SMARTS) is 1. The van der Waals surface area contributed by atoms with E-state index in [0.717, 1.165) is 24.2 Å². The van der Waals surface area contributed by atoms with Gasteiger partial charge in [0.15, 0.2) is 0 Å². The molecule has 0 radical (unpaired) electrons. The van der Waals surface area contributed by atoms with E-state index in [0.29, 0.717) is 19.5 Å². The van der Waals surface area contributed by atoms with Gasteiger partial charge in [0.1, 0.15) is 11.8 Å². The molecule has 1 aromatic rings. The SMILES string of the molecule is CC(C)Oc1ccc(CCNC(=O)CN2CCC[C@@H]2C(=O)O)cc1.Cl. The summed E-state index contributed by atoms with van der Waals surface area (Å²) in [7, 11) is 0. The molecule has 7 heteroatoms. The maximum Gasteiger partial charge on any atom is 0.320 e. The molecule has 0 aliphatic carbocycles. The van der Waals surface area contributed by atoms with Gasteiger partial charge >= 0.3 is 5.97 Å². The topological polar surface area (TPSA) is 78.9 Å². The molecule has 1 amide bonds. The highest BCUT2D eigenvalue weighted by molar-refractivity contribution is 5.85. The van der Waals surface area contributed by atoms with E-state index in [1.165, 1.54) is 0 Å². The van der Waals surface area contributed by atoms with Gasteiger partial charge in [-0.05, 0) is 57.4 Å². The second-order valence-corrected chi connectivity index (χ2v) is 6.38. The van der Waals surface area contributed by atoms with Crippen molar-refractivity contribution >= 4 is 24.3 Å². The molecule has 1 aliphatic heterocycles. The molecule has 0 unspecified atom stereocenters. The van der Waals surface area contributed by atoms with Crippen molar-refractivity contribution in [3.63, 3.8) is 0 Å². The summed E-state index contributed by atoms with van der Waals surface area (Å²) < 4.78 is 5.59. The number of benzene rings is 1. The van der Waals surface area contributed by atoms with E-state index >= 15 is 0 Å². The summed E-state index contributed by atoms with van der Waals surface area (Å²) in [5.74, 6) is -0.126. The normalized spacial score (nSPS) is 17.2. The first-order chi connectivity index (χ1) is 11.5. The fourth-order valence-electron chi connectivity index (χ4n) is 2.89. The van der Waals surface area contributed by atoms with Gasteiger partial charge in [-0.25, -0.2) is 0 Å². The molecule has 0 bridgehead atoms. The summed E-state index contributed by atoms with van der Waals surface area (Å²) in [5.41, 5.74) is 1.12. The summed E-state index contributed by atoms with van der Waals surface area (Å²) in [5, 5.41) is 12.0. The van der Waals surface area contributed by atoms with Crippen molar-refractivity contribution in [2.45, 2.75) is 45.3 Å². The molecular formula is C18H27ClN2O4. The smallest absolute Gasteiger partial charge is 0.320 e. The third-order valence-corrected chi connectivity index (χ3v) is 4.03. The Labute approximate surface area is 154 Å². The van der Waals surface area contributed by atoms with Crippen LogP contribution in [0.25, 0.3) is 0 Å². The van der Waals surface area contributed by atoms with Crippen LogP contribution in [0, 0.1) is 0 Å². The number of rotatable bonds is 8. The molecule has 0 aromatic heterocycles. The quantitative estimate of drug-likeness (QED) is 0.732. The Morgan fingerprint density at radius 1 is 1.32 bits per heavy atom. The van der Waals surface area contributed by atoms with Gasteiger partial charge < -0.3 is 15.2 Å². The van der Waals surface area contributed by atoms with Crippen LogP contribution in [-0.4, -0.2) is 53.7 Å². The Balaban J connectivity index is 0.00000312. The first-order valence-electron chi connectivity index (χ1n) is 8.45. The fourth-order valence-corrected chi connectivity index (χ4v) is 2.89. The minimum Gasteiger partial charge on any atom is -0.491 e. The molecule has 1 heterocycles. The van der Waals surface area contributed by atoms with Gasteiger partial charge in [-0.1, -0.05) is 12.1 Å². The fraction of sp³-hybridized carbons (Fsp3) is 0.556. The van der Waals surface area contributed by atoms with Gasteiger partial charge in [0.05, 0.1) is 12.6 Å². The van der Waals surface area contributed by atoms with Crippen LogP contribution in [0.1, 0.15) is 32.3 Å². The van der Waals surface area contributed by atoms with Crippen molar-refractivity contribution < 1.29 is 19.4 Å². The zero-order valence-corrected chi connectivity index (χ0v) is 15.6. The lowest BCUT2D eigenvalue weighted by Crippen LogP contribution is -2.43. The summed E-state index contributed by atoms with van der Waals surface area (Å²) in [6.07, 6.45) is 2.33. The summed E-state index contributed by atoms with van der Waals surface area (Å²) in [4.78, 5) is 24.8. The Morgan fingerprint density at radius 2 is 2.00 bits per heavy atom. The van der Waals surface area contributed by atoms with E-state index < -0.39 is 12.0 Å². The maximum atomic E-state index is 12.0. The molecule has 2 rings (SSSR count). The van der Waals surface area contributed by atoms with Crippen LogP contribution < -0.4 is 10.1 Å². The minimum absolute atomic E-state index is 0. The Hall–Kier alpha value is -1.79. The molecule has 25 heavy (non-hydrogen) atoms. The number of ether oxygens (including phenoxy) is 1. The molecule has 140 valence electrons. The third kappa shape index (κ3) is 6.92. The van der Waals surface area contributed by atoms with Crippen molar-refractivity contribution in [1.29, 1.82) is 0 Å². The largest absolute Gasteiger partial charge is 0.491 e. The molecule has 1 saturated heterocycles. The third-order valence-electron chi connectivity index (χ3n) is 4.03. The molecular weight excluding hydrogens is 344 g/mol. The minimum atomic E-state index is -0.844. The van der Waals surface area contributed by atoms with E-state index in [9.17, 15) is 9.59 Å². The lowest BCUT2D eigenvalue weighted by molar-refractivity contribution is -0.142. The first-order valence-corrected chi connectivity index (χ1v) is 8.45. The number of hydrogen-bond acceptors (Lipinski definition) is 4. The highest BCUT2D eigenvalue weighted by atomic mass is 35.5. The molecule has 0 spiro atoms. The first kappa shape index (κ1) is 21.3. The Morgan fingerprint density at radius 3 is 2.60 bits per heavy atom. The lowest BCUT2D eigenvalue weighted by Gasteiger charge is -2.20. The number of amides is 1. The van der Waals surface area contributed by atoms with Crippen LogP contribution in [0.2, 0.25) is 0 Å². The van der Waals surface area contributed by atoms with E-state index in [1.807, 2.05) is 38.1 Å². The number of aliphatic carboxylic acids is 1. The summed E-state index contributed by atoms with van der Waals surface area (Å²) in [6.45, 7) is 5.33. The van der Waals surface area contributed by atoms with Gasteiger partial charge in [-0.2, -0.15) is 0 Å². The average molecular weight is 371 g/mol. The predicted octanol–water partition coefficient (Wildman–Crippen LogP) is 2.10. The van der Waals surface area contributed by atoms with E-state index in [-0.39, 0.29) is 31.0 Å². The molecule has 1 aliphatic rings. The van der Waals surface area contributed by atoms with Gasteiger partial charge in [0.25, 0.3) is 0 Å². The maximum absolute atomic E-state index is 12.0. The number of nitrogens with zero attached hydrogens (tertiary/aromatic N) is 1. The van der Waals surface area contributed by atoms with Crippen LogP contribution in [-0.2, 0) is 16.0 Å². The van der Waals surface area contributed by atoms with E-state index in [2.05, 4.69) is 5.32 Å². The molecule has 0 saturated carbocycles. The van der Waals surface area contributed by atoms with Crippen molar-refractivity contribution in [3.05, 3.63) is 29.8 Å². The highest BCUT2D eigenvalue weighted by Crippen LogP contribution is 2.16. The van der Waals surface area contributed by atoms with Gasteiger partial charge in [0.2, 0.25) is 5.91 Å². The average Bonchev–Trinajstić information content (AvgIpc) is 2.97. The van der Waals surface area contributed by atoms with Crippen molar-refractivity contribution in [2.24, 2.45) is 0 Å². The summed E-state index contributed by atoms with van der Waals surface area (Å²) in [6, 6.07) is 7.32. The van der Waals surface area contributed by atoms with Crippen LogP contribution in [0.15, 0.2) is 24.3 Å². The highest BCUT2D eigenvalue weighted by Gasteiger charge is 2.31. The van der Waals surface area contributed by atoms with Gasteiger partial charge in [-0.3, -0.25) is 14.5 Å². The second kappa shape index (κ2) is 10.3. The number of hydrogen-bond donors (Lipinski definition) is 2. The zero-order chi connectivity index (χ0) is 17.5. The van der Waals surface area contributed by atoms with Crippen LogP contribution in [0.5, 0.6) is 5.75 Å². The monoisotopic (exact) mass is 370 g/mol.